The van der Waals surface area contributed by atoms with Gasteiger partial charge in [0.05, 0.1) is 48.8 Å². The van der Waals surface area contributed by atoms with Crippen molar-refractivity contribution >= 4 is 119 Å². The van der Waals surface area contributed by atoms with Crippen LogP contribution in [0.5, 0.6) is 11.5 Å². The van der Waals surface area contributed by atoms with Gasteiger partial charge in [-0.3, -0.25) is 57.2 Å². The Morgan fingerprint density at radius 2 is 0.826 bits per heavy atom. The standard InChI is InChI=1S/C20H18FN5.C18H17N5O2.C18H19N5O2.C18H19N5.C16H15N5O/c21-16-9-14-10-17(26-18(14)11-15(16)20-24-7-8-25-20)12-1-3-13(4-2-12)19-22-5-6-23-19;19-17(20)10-3-1-9(2-4-10)16-13(8-15(24)25)12-6-5-11(18(21)22)7-14(12)23-16;19-17(20)11-2-1-10-7-15(23-14(10)8-11)13-4-3-12(18(21)22)9-16(13)25-6-5-24;1-21-17(19)12-5-3-11(4-6-12)15-9-13-7-8-14(18(20)22-2)10-16(13)23-15;17-15(18)9-2-1-8-5-13(21-12(8)6-9)11-4-3-10(16(19)20)7-14(11)22/h1-4,9-11,26H,5-8H2,(H,22,23)(H,24,25);1-7,23H,8H2,(H3,19,20)(H3,21,22)(H,24,25);1-4,7-9,23-24H,5-6H2,(H3,19,20)(H3,21,22);3-10,23H,1-2H3,(H2,19,21)(H2,20,22);1-7,21-22H,(H3,17,18)(H3,19,20). The lowest BCUT2D eigenvalue weighted by Crippen LogP contribution is -2.20. The number of aromatic hydroxyl groups is 1. The SMILES string of the molecule is CN=C(N)c1ccc(-c2cc3ccc(C(N)=NC)cc3[nH]2)cc1.Fc1cc2cc(-c3ccc(C4=NCCN4)cc3)[nH]c2cc1C1=NCCN1.N=C(N)c1ccc(-c2[nH]c3cc(C(=N)N)ccc3c2CC(=O)O)cc1.N=C(N)c1ccc(-c2cc3ccc(C(=N)N)cc3[nH]2)c(O)c1.N=C(N)c1ccc(-c2cc3ccc(C(=N)N)cc3[nH]2)c(OCCO)c1. The molecule has 15 aromatic rings. The Morgan fingerprint density at radius 1 is 0.421 bits per heavy atom. The number of carboxylic acids is 1. The van der Waals surface area contributed by atoms with Gasteiger partial charge in [-0.2, -0.15) is 0 Å². The second-order valence-electron chi connectivity index (χ2n) is 28.1. The highest BCUT2D eigenvalue weighted by molar-refractivity contribution is 6.07. The van der Waals surface area contributed by atoms with Crippen LogP contribution in [-0.4, -0.2) is 158 Å². The Balaban J connectivity index is 0.000000131. The minimum atomic E-state index is -0.932. The number of carbonyl (C=O) groups is 1. The van der Waals surface area contributed by atoms with Gasteiger partial charge in [0, 0.05) is 154 Å². The van der Waals surface area contributed by atoms with Gasteiger partial charge in [0.2, 0.25) is 0 Å². The van der Waals surface area contributed by atoms with Gasteiger partial charge in [0.25, 0.3) is 0 Å². The van der Waals surface area contributed by atoms with Crippen LogP contribution in [0.3, 0.4) is 0 Å². The first-order valence-corrected chi connectivity index (χ1v) is 37.9. The molecule has 0 saturated heterocycles. The lowest BCUT2D eigenvalue weighted by atomic mass is 10.0. The number of nitrogens with one attached hydrogen (secondary N) is 13. The molecule has 0 aliphatic carbocycles. The molecule has 2 aliphatic heterocycles. The number of nitrogen functional groups attached to an aromatic ring is 6. The van der Waals surface area contributed by atoms with Crippen molar-refractivity contribution in [3.8, 4) is 67.8 Å². The van der Waals surface area contributed by atoms with Gasteiger partial charge in [-0.1, -0.05) is 133 Å². The summed E-state index contributed by atoms with van der Waals surface area (Å²) in [5.74, 6) is 1.83. The van der Waals surface area contributed by atoms with Crippen molar-refractivity contribution in [2.75, 3.05) is 53.5 Å². The van der Waals surface area contributed by atoms with Crippen LogP contribution in [0.4, 0.5) is 4.39 Å². The average Bonchev–Trinajstić information content (AvgIpc) is 1.61. The van der Waals surface area contributed by atoms with Gasteiger partial charge in [-0.25, -0.2) is 4.39 Å². The number of phenolic OH excluding ortho intramolecular Hbond substituents is 1. The van der Waals surface area contributed by atoms with Crippen LogP contribution in [0.1, 0.15) is 61.2 Å². The van der Waals surface area contributed by atoms with Gasteiger partial charge in [-0.15, -0.1) is 0 Å². The quantitative estimate of drug-likeness (QED) is 0.0249. The summed E-state index contributed by atoms with van der Waals surface area (Å²) >= 11 is 0. The number of aliphatic carboxylic acids is 1. The van der Waals surface area contributed by atoms with Crippen LogP contribution >= 0.6 is 0 Å². The van der Waals surface area contributed by atoms with Crippen molar-refractivity contribution in [2.45, 2.75) is 6.42 Å². The first-order valence-electron chi connectivity index (χ1n) is 37.9. The van der Waals surface area contributed by atoms with Crippen LogP contribution in [0.2, 0.25) is 0 Å². The predicted molar refractivity (Wildman–Crippen MR) is 482 cm³/mol. The van der Waals surface area contributed by atoms with Crippen LogP contribution < -0.4 is 61.2 Å². The number of carboxylic acid groups (broad SMARTS) is 1. The number of aromatic amines is 5. The van der Waals surface area contributed by atoms with Crippen molar-refractivity contribution in [3.63, 3.8) is 0 Å². The molecule has 121 heavy (non-hydrogen) atoms. The van der Waals surface area contributed by atoms with Gasteiger partial charge in [0.15, 0.2) is 0 Å². The molecule has 0 amide bonds. The van der Waals surface area contributed by atoms with E-state index in [4.69, 9.17) is 88.2 Å². The second-order valence-corrected chi connectivity index (χ2v) is 28.1. The Labute approximate surface area is 691 Å². The van der Waals surface area contributed by atoms with Crippen molar-refractivity contribution in [1.29, 1.82) is 32.5 Å². The molecular formula is C90H88FN25O5. The molecule has 17 rings (SSSR count). The number of ether oxygens (including phenoxy) is 1. The van der Waals surface area contributed by atoms with E-state index in [1.54, 1.807) is 105 Å². The zero-order chi connectivity index (χ0) is 85.9. The molecule has 10 aromatic carbocycles. The number of aliphatic hydroxyl groups is 1. The summed E-state index contributed by atoms with van der Waals surface area (Å²) in [4.78, 5) is 44.6. The maximum absolute atomic E-state index is 14.5. The second kappa shape index (κ2) is 36.2. The number of aliphatic hydroxyl groups excluding tert-OH is 1. The van der Waals surface area contributed by atoms with Gasteiger partial charge < -0.3 is 101 Å². The Kier molecular flexibility index (Phi) is 24.7. The number of aliphatic imine (C=N–C) groups is 4. The van der Waals surface area contributed by atoms with E-state index in [-0.39, 0.29) is 66.2 Å². The van der Waals surface area contributed by atoms with E-state index < -0.39 is 5.97 Å². The van der Waals surface area contributed by atoms with Gasteiger partial charge >= 0.3 is 5.97 Å². The highest BCUT2D eigenvalue weighted by atomic mass is 19.1. The molecule has 0 fully saturated rings. The summed E-state index contributed by atoms with van der Waals surface area (Å²) in [6.45, 7) is 3.20. The predicted octanol–water partition coefficient (Wildman–Crippen LogP) is 11.1. The van der Waals surface area contributed by atoms with Gasteiger partial charge in [-0.05, 0) is 107 Å². The zero-order valence-corrected chi connectivity index (χ0v) is 65.7. The molecule has 30 nitrogen and oxygen atoms in total. The fourth-order valence-corrected chi connectivity index (χ4v) is 13.8. The van der Waals surface area contributed by atoms with Crippen molar-refractivity contribution in [2.24, 2.45) is 65.8 Å². The summed E-state index contributed by atoms with van der Waals surface area (Å²) in [6, 6.07) is 66.9. The Hall–Kier alpha value is -16.4. The summed E-state index contributed by atoms with van der Waals surface area (Å²) < 4.78 is 20.1. The molecule has 7 heterocycles. The number of amidine groups is 10. The van der Waals surface area contributed by atoms with Crippen LogP contribution in [0.15, 0.2) is 238 Å². The smallest absolute Gasteiger partial charge is 0.307 e. The number of nitrogens with zero attached hydrogens (tertiary/aromatic N) is 4. The summed E-state index contributed by atoms with van der Waals surface area (Å²) in [5.41, 5.74) is 65.2. The van der Waals surface area contributed by atoms with E-state index in [2.05, 4.69) is 85.9 Å². The highest BCUT2D eigenvalue weighted by Crippen LogP contribution is 2.37. The summed E-state index contributed by atoms with van der Waals surface area (Å²) in [6.07, 6.45) is -0.136. The summed E-state index contributed by atoms with van der Waals surface area (Å²) in [7, 11) is 3.37. The van der Waals surface area contributed by atoms with E-state index >= 15 is 0 Å². The molecule has 0 saturated carbocycles. The first-order chi connectivity index (χ1) is 58.2. The molecule has 0 spiro atoms. The zero-order valence-electron chi connectivity index (χ0n) is 65.7. The topological polar surface area (TPSA) is 591 Å². The van der Waals surface area contributed by atoms with Crippen LogP contribution in [0, 0.1) is 38.3 Å². The van der Waals surface area contributed by atoms with E-state index in [1.807, 2.05) is 91.0 Å². The third-order valence-corrected chi connectivity index (χ3v) is 20.1. The molecule has 5 aromatic heterocycles. The molecule has 0 atom stereocenters. The Morgan fingerprint density at radius 3 is 1.34 bits per heavy atom. The molecule has 32 N–H and O–H groups in total. The van der Waals surface area contributed by atoms with Crippen molar-refractivity contribution < 1.29 is 29.2 Å². The normalized spacial score (nSPS) is 12.3. The molecule has 31 heteroatoms. The number of H-pyrrole nitrogens is 5. The van der Waals surface area contributed by atoms with Crippen LogP contribution in [-0.2, 0) is 11.2 Å². The number of hydrogen-bond donors (Lipinski definition) is 24. The van der Waals surface area contributed by atoms with E-state index in [1.165, 1.54) is 6.07 Å². The van der Waals surface area contributed by atoms with E-state index in [9.17, 15) is 19.4 Å². The molecule has 610 valence electrons. The van der Waals surface area contributed by atoms with Crippen molar-refractivity contribution in [3.05, 3.63) is 285 Å². The number of nitrogens with two attached hydrogens (primary N) is 8. The fourth-order valence-electron chi connectivity index (χ4n) is 13.8. The van der Waals surface area contributed by atoms with Crippen LogP contribution in [0.25, 0.3) is 111 Å². The van der Waals surface area contributed by atoms with Crippen molar-refractivity contribution in [1.82, 2.24) is 35.6 Å². The number of halogens is 1. The molecule has 2 aliphatic rings. The molecular weight excluding hydrogens is 1530 g/mol. The minimum absolute atomic E-state index is 0.00621. The maximum Gasteiger partial charge on any atom is 0.307 e. The molecule has 0 radical (unpaired) electrons. The minimum Gasteiger partial charge on any atom is -0.507 e. The third-order valence-electron chi connectivity index (χ3n) is 20.1. The largest absolute Gasteiger partial charge is 0.507 e. The Bertz CT molecular complexity index is 6680. The van der Waals surface area contributed by atoms with Gasteiger partial charge in [0.1, 0.15) is 82.3 Å². The lowest BCUT2D eigenvalue weighted by Gasteiger charge is -2.11. The number of phenols is 1. The number of aromatic nitrogens is 5. The van der Waals surface area contributed by atoms with E-state index in [0.717, 1.165) is 142 Å². The number of hydrogen-bond acceptors (Lipinski definition) is 16. The number of fused-ring (bicyclic) bond motifs is 5. The van der Waals surface area contributed by atoms with E-state index in [0.29, 0.717) is 85.6 Å². The molecule has 0 bridgehead atoms. The maximum atomic E-state index is 14.5. The average molecular weight is 1620 g/mol. The monoisotopic (exact) mass is 1620 g/mol. The molecule has 0 unspecified atom stereocenters. The first kappa shape index (κ1) is 82.5. The number of rotatable bonds is 20. The lowest BCUT2D eigenvalue weighted by molar-refractivity contribution is -0.136. The summed E-state index contributed by atoms with van der Waals surface area (Å²) in [5, 5.41) is 84.5. The highest BCUT2D eigenvalue weighted by Gasteiger charge is 2.21. The fraction of sp³-hybridized carbons (Fsp3) is 0.100. The number of benzene rings is 10. The third kappa shape index (κ3) is 18.9.